The molecule has 0 spiro atoms. The van der Waals surface area contributed by atoms with E-state index in [1.807, 2.05) is 30.3 Å². The number of ether oxygens (including phenoxy) is 1. The highest BCUT2D eigenvalue weighted by atomic mass is 35.5. The fourth-order valence-corrected chi connectivity index (χ4v) is 2.75. The number of benzene rings is 2. The van der Waals surface area contributed by atoms with Gasteiger partial charge in [0.2, 0.25) is 5.78 Å². The van der Waals surface area contributed by atoms with Crippen LogP contribution in [0.5, 0.6) is 5.75 Å². The summed E-state index contributed by atoms with van der Waals surface area (Å²) in [5.41, 5.74) is 1.69. The first-order valence-electron chi connectivity index (χ1n) is 7.19. The minimum Gasteiger partial charge on any atom is -0.489 e. The Bertz CT molecular complexity index is 850. The van der Waals surface area contributed by atoms with E-state index in [1.165, 1.54) is 0 Å². The Morgan fingerprint density at radius 1 is 0.875 bits per heavy atom. The third kappa shape index (κ3) is 3.42. The van der Waals surface area contributed by atoms with E-state index in [9.17, 15) is 9.59 Å². The number of carbonyl (C=O) groups excluding carboxylic acids is 2. The molecule has 1 aliphatic rings. The number of carbonyl (C=O) groups is 2. The van der Waals surface area contributed by atoms with Gasteiger partial charge in [0, 0.05) is 6.08 Å². The monoisotopic (exact) mass is 358 g/mol. The van der Waals surface area contributed by atoms with Crippen molar-refractivity contribution in [3.63, 3.8) is 0 Å². The Kier molecular flexibility index (Phi) is 4.84. The molecule has 0 saturated carbocycles. The average Bonchev–Trinajstić information content (AvgIpc) is 2.60. The molecule has 0 fully saturated rings. The zero-order valence-corrected chi connectivity index (χ0v) is 14.0. The molecule has 2 aromatic rings. The van der Waals surface area contributed by atoms with Gasteiger partial charge in [-0.2, -0.15) is 0 Å². The molecule has 120 valence electrons. The molecule has 3 nitrogen and oxygen atoms in total. The molecule has 0 aliphatic heterocycles. The smallest absolute Gasteiger partial charge is 0.206 e. The van der Waals surface area contributed by atoms with Crippen molar-refractivity contribution in [2.45, 2.75) is 6.61 Å². The SMILES string of the molecule is O=C1C=C(Cl)C(=O)C(c2ccc(OCc3ccccc3)cc2)=C1Cl. The van der Waals surface area contributed by atoms with Crippen LogP contribution < -0.4 is 4.74 Å². The highest BCUT2D eigenvalue weighted by molar-refractivity contribution is 6.61. The van der Waals surface area contributed by atoms with Crippen LogP contribution >= 0.6 is 23.2 Å². The normalized spacial score (nSPS) is 14.7. The first kappa shape index (κ1) is 16.5. The number of hydrogen-bond donors (Lipinski definition) is 0. The van der Waals surface area contributed by atoms with Crippen molar-refractivity contribution in [1.82, 2.24) is 0 Å². The summed E-state index contributed by atoms with van der Waals surface area (Å²) >= 11 is 11.8. The lowest BCUT2D eigenvalue weighted by atomic mass is 9.96. The molecule has 0 aromatic heterocycles. The summed E-state index contributed by atoms with van der Waals surface area (Å²) in [4.78, 5) is 23.9. The minimum atomic E-state index is -0.472. The summed E-state index contributed by atoms with van der Waals surface area (Å²) in [6.07, 6.45) is 1.03. The summed E-state index contributed by atoms with van der Waals surface area (Å²) in [5, 5.41) is -0.258. The Balaban J connectivity index is 1.78. The summed E-state index contributed by atoms with van der Waals surface area (Å²) in [6.45, 7) is 0.440. The quantitative estimate of drug-likeness (QED) is 0.756. The molecule has 0 unspecified atom stereocenters. The minimum absolute atomic E-state index is 0.115. The maximum Gasteiger partial charge on any atom is 0.206 e. The van der Waals surface area contributed by atoms with Crippen molar-refractivity contribution in [2.75, 3.05) is 0 Å². The van der Waals surface area contributed by atoms with Crippen LogP contribution in [0.25, 0.3) is 5.57 Å². The Morgan fingerprint density at radius 2 is 1.54 bits per heavy atom. The van der Waals surface area contributed by atoms with E-state index in [4.69, 9.17) is 27.9 Å². The topological polar surface area (TPSA) is 43.4 Å². The fraction of sp³-hybridized carbons (Fsp3) is 0.0526. The van der Waals surface area contributed by atoms with Gasteiger partial charge in [0.25, 0.3) is 0 Å². The van der Waals surface area contributed by atoms with E-state index in [0.717, 1.165) is 11.6 Å². The van der Waals surface area contributed by atoms with Crippen molar-refractivity contribution in [3.8, 4) is 5.75 Å². The second kappa shape index (κ2) is 7.04. The summed E-state index contributed by atoms with van der Waals surface area (Å²) in [6, 6.07) is 16.6. The molecule has 24 heavy (non-hydrogen) atoms. The molecule has 0 atom stereocenters. The van der Waals surface area contributed by atoms with Crippen LogP contribution in [0.1, 0.15) is 11.1 Å². The van der Waals surface area contributed by atoms with Gasteiger partial charge in [0.05, 0.1) is 15.6 Å². The van der Waals surface area contributed by atoms with Crippen LogP contribution in [0.2, 0.25) is 0 Å². The van der Waals surface area contributed by atoms with Crippen molar-refractivity contribution in [3.05, 3.63) is 81.9 Å². The molecule has 0 N–H and O–H groups in total. The third-order valence-electron chi connectivity index (χ3n) is 3.53. The predicted octanol–water partition coefficient (Wildman–Crippen LogP) is 4.49. The van der Waals surface area contributed by atoms with Gasteiger partial charge in [0.1, 0.15) is 12.4 Å². The van der Waals surface area contributed by atoms with Gasteiger partial charge < -0.3 is 4.74 Å². The first-order chi connectivity index (χ1) is 11.6. The van der Waals surface area contributed by atoms with Crippen LogP contribution in [-0.2, 0) is 16.2 Å². The number of hydrogen-bond acceptors (Lipinski definition) is 3. The standard InChI is InChI=1S/C19H12Cl2O3/c20-15-10-16(22)18(21)17(19(15)23)13-6-8-14(9-7-13)24-11-12-4-2-1-3-5-12/h1-10H,11H2. The van der Waals surface area contributed by atoms with Gasteiger partial charge in [0.15, 0.2) is 5.78 Å². The van der Waals surface area contributed by atoms with E-state index in [1.54, 1.807) is 24.3 Å². The molecule has 0 saturated heterocycles. The molecule has 2 aromatic carbocycles. The Morgan fingerprint density at radius 3 is 2.21 bits per heavy atom. The second-order valence-corrected chi connectivity index (χ2v) is 5.96. The Labute approximate surface area is 149 Å². The van der Waals surface area contributed by atoms with E-state index in [0.29, 0.717) is 17.9 Å². The van der Waals surface area contributed by atoms with Gasteiger partial charge >= 0.3 is 0 Å². The van der Waals surface area contributed by atoms with Crippen LogP contribution in [0.3, 0.4) is 0 Å². The summed E-state index contributed by atoms with van der Waals surface area (Å²) in [5.74, 6) is -0.282. The highest BCUT2D eigenvalue weighted by Gasteiger charge is 2.27. The van der Waals surface area contributed by atoms with Gasteiger partial charge in [-0.25, -0.2) is 0 Å². The predicted molar refractivity (Wildman–Crippen MR) is 93.9 cm³/mol. The third-order valence-corrected chi connectivity index (χ3v) is 4.18. The summed E-state index contributed by atoms with van der Waals surface area (Å²) < 4.78 is 5.69. The Hall–Kier alpha value is -2.36. The molecule has 0 bridgehead atoms. The van der Waals surface area contributed by atoms with Crippen molar-refractivity contribution >= 4 is 40.3 Å². The molecule has 3 rings (SSSR count). The van der Waals surface area contributed by atoms with E-state index in [-0.39, 0.29) is 15.6 Å². The number of rotatable bonds is 4. The van der Waals surface area contributed by atoms with Gasteiger partial charge in [-0.1, -0.05) is 65.7 Å². The highest BCUT2D eigenvalue weighted by Crippen LogP contribution is 2.32. The number of halogens is 2. The molecule has 0 amide bonds. The molecule has 5 heteroatoms. The van der Waals surface area contributed by atoms with Gasteiger partial charge in [-0.15, -0.1) is 0 Å². The largest absolute Gasteiger partial charge is 0.489 e. The van der Waals surface area contributed by atoms with Crippen LogP contribution in [0, 0.1) is 0 Å². The first-order valence-corrected chi connectivity index (χ1v) is 7.95. The number of allylic oxidation sites excluding steroid dienone is 4. The molecule has 0 radical (unpaired) electrons. The van der Waals surface area contributed by atoms with E-state index >= 15 is 0 Å². The van der Waals surface area contributed by atoms with E-state index in [2.05, 4.69) is 0 Å². The van der Waals surface area contributed by atoms with E-state index < -0.39 is 11.6 Å². The average molecular weight is 359 g/mol. The summed E-state index contributed by atoms with van der Waals surface area (Å²) in [7, 11) is 0. The van der Waals surface area contributed by atoms with Crippen molar-refractivity contribution in [2.24, 2.45) is 0 Å². The zero-order valence-electron chi connectivity index (χ0n) is 12.5. The molecular formula is C19H12Cl2O3. The second-order valence-electron chi connectivity index (χ2n) is 5.17. The molecule has 1 aliphatic carbocycles. The van der Waals surface area contributed by atoms with Crippen LogP contribution in [-0.4, -0.2) is 11.6 Å². The maximum atomic E-state index is 12.2. The lowest BCUT2D eigenvalue weighted by molar-refractivity contribution is -0.113. The molecular weight excluding hydrogens is 347 g/mol. The lowest BCUT2D eigenvalue weighted by Gasteiger charge is -2.13. The van der Waals surface area contributed by atoms with Crippen LogP contribution in [0.4, 0.5) is 0 Å². The van der Waals surface area contributed by atoms with Crippen LogP contribution in [0.15, 0.2) is 70.7 Å². The van der Waals surface area contributed by atoms with Gasteiger partial charge in [-0.3, -0.25) is 9.59 Å². The van der Waals surface area contributed by atoms with Gasteiger partial charge in [-0.05, 0) is 23.3 Å². The lowest BCUT2D eigenvalue weighted by Crippen LogP contribution is -2.13. The van der Waals surface area contributed by atoms with Crippen molar-refractivity contribution in [1.29, 1.82) is 0 Å². The molecule has 0 heterocycles. The number of ketones is 2. The maximum absolute atomic E-state index is 12.2. The van der Waals surface area contributed by atoms with Crippen molar-refractivity contribution < 1.29 is 14.3 Å². The number of Topliss-reactive ketones (excluding diaryl/α,β-unsaturated/α-hetero) is 1. The fourth-order valence-electron chi connectivity index (χ4n) is 2.30. The zero-order chi connectivity index (χ0) is 17.1.